The minimum atomic E-state index is -4.49. The number of pyridine rings is 1. The molecule has 4 aromatic rings. The van der Waals surface area contributed by atoms with Crippen LogP contribution in [-0.4, -0.2) is 14.8 Å². The Labute approximate surface area is 158 Å². The third-order valence-corrected chi connectivity index (χ3v) is 4.48. The molecule has 0 N–H and O–H groups in total. The van der Waals surface area contributed by atoms with Crippen LogP contribution in [0.1, 0.15) is 11.1 Å². The Morgan fingerprint density at radius 1 is 0.926 bits per heavy atom. The van der Waals surface area contributed by atoms with Gasteiger partial charge in [0, 0.05) is 16.6 Å². The highest BCUT2D eigenvalue weighted by molar-refractivity contribution is 6.30. The van der Waals surface area contributed by atoms with E-state index in [0.717, 1.165) is 11.6 Å². The second-order valence-electron chi connectivity index (χ2n) is 6.05. The van der Waals surface area contributed by atoms with E-state index in [0.29, 0.717) is 28.3 Å². The average molecular weight is 388 g/mol. The molecule has 0 amide bonds. The fourth-order valence-corrected chi connectivity index (χ4v) is 3.16. The van der Waals surface area contributed by atoms with Gasteiger partial charge in [-0.3, -0.25) is 9.67 Å². The predicted molar refractivity (Wildman–Crippen MR) is 98.5 cm³/mol. The molecule has 0 aliphatic heterocycles. The van der Waals surface area contributed by atoms with Gasteiger partial charge < -0.3 is 0 Å². The molecule has 0 saturated carbocycles. The molecule has 136 valence electrons. The lowest BCUT2D eigenvalue weighted by Crippen LogP contribution is -2.07. The van der Waals surface area contributed by atoms with Crippen LogP contribution < -0.4 is 0 Å². The van der Waals surface area contributed by atoms with Gasteiger partial charge >= 0.3 is 6.18 Å². The SMILES string of the molecule is FC(F)(F)c1cccc2c(-c3ccccn3)n(Cc3ccc(Cl)cc3)nc12. The number of fused-ring (bicyclic) bond motifs is 1. The fraction of sp³-hybridized carbons (Fsp3) is 0.100. The normalized spacial score (nSPS) is 11.9. The third-order valence-electron chi connectivity index (χ3n) is 4.23. The van der Waals surface area contributed by atoms with E-state index < -0.39 is 11.7 Å². The Hall–Kier alpha value is -2.86. The van der Waals surface area contributed by atoms with Crippen molar-refractivity contribution >= 4 is 22.5 Å². The van der Waals surface area contributed by atoms with Crippen LogP contribution >= 0.6 is 11.6 Å². The molecule has 2 aromatic heterocycles. The second-order valence-corrected chi connectivity index (χ2v) is 6.48. The molecule has 27 heavy (non-hydrogen) atoms. The fourth-order valence-electron chi connectivity index (χ4n) is 3.03. The zero-order chi connectivity index (χ0) is 19.0. The molecule has 0 atom stereocenters. The van der Waals surface area contributed by atoms with Crippen molar-refractivity contribution in [2.75, 3.05) is 0 Å². The Morgan fingerprint density at radius 3 is 2.37 bits per heavy atom. The van der Waals surface area contributed by atoms with E-state index in [1.807, 2.05) is 12.1 Å². The van der Waals surface area contributed by atoms with Gasteiger partial charge in [0.1, 0.15) is 5.52 Å². The summed E-state index contributed by atoms with van der Waals surface area (Å²) in [6.07, 6.45) is -2.88. The molecule has 0 fully saturated rings. The van der Waals surface area contributed by atoms with Crippen molar-refractivity contribution < 1.29 is 13.2 Å². The van der Waals surface area contributed by atoms with Crippen LogP contribution in [0.4, 0.5) is 13.2 Å². The smallest absolute Gasteiger partial charge is 0.258 e. The van der Waals surface area contributed by atoms with E-state index in [9.17, 15) is 13.2 Å². The lowest BCUT2D eigenvalue weighted by atomic mass is 10.1. The molecule has 0 aliphatic carbocycles. The minimum absolute atomic E-state index is 0.0837. The summed E-state index contributed by atoms with van der Waals surface area (Å²) in [5.41, 5.74) is 1.14. The van der Waals surface area contributed by atoms with Crippen molar-refractivity contribution in [2.45, 2.75) is 12.7 Å². The lowest BCUT2D eigenvalue weighted by Gasteiger charge is -2.08. The average Bonchev–Trinajstić information content (AvgIpc) is 3.01. The minimum Gasteiger partial charge on any atom is -0.258 e. The molecule has 0 unspecified atom stereocenters. The summed E-state index contributed by atoms with van der Waals surface area (Å²) < 4.78 is 41.9. The number of benzene rings is 2. The van der Waals surface area contributed by atoms with Crippen LogP contribution in [0.25, 0.3) is 22.3 Å². The van der Waals surface area contributed by atoms with Gasteiger partial charge in [0.15, 0.2) is 0 Å². The van der Waals surface area contributed by atoms with Crippen molar-refractivity contribution in [1.29, 1.82) is 0 Å². The second kappa shape index (κ2) is 6.70. The lowest BCUT2D eigenvalue weighted by molar-refractivity contribution is -0.136. The van der Waals surface area contributed by atoms with Crippen molar-refractivity contribution in [2.24, 2.45) is 0 Å². The molecule has 2 heterocycles. The highest BCUT2D eigenvalue weighted by atomic mass is 35.5. The van der Waals surface area contributed by atoms with Crippen LogP contribution in [-0.2, 0) is 12.7 Å². The van der Waals surface area contributed by atoms with E-state index in [1.165, 1.54) is 6.07 Å². The molecule has 4 rings (SSSR count). The number of rotatable bonds is 3. The molecular weight excluding hydrogens is 375 g/mol. The topological polar surface area (TPSA) is 30.7 Å². The Morgan fingerprint density at radius 2 is 1.70 bits per heavy atom. The summed E-state index contributed by atoms with van der Waals surface area (Å²) in [6, 6.07) is 16.5. The van der Waals surface area contributed by atoms with Crippen LogP contribution in [0.15, 0.2) is 66.9 Å². The van der Waals surface area contributed by atoms with Gasteiger partial charge in [-0.1, -0.05) is 41.9 Å². The molecule has 0 saturated heterocycles. The van der Waals surface area contributed by atoms with Gasteiger partial charge in [-0.15, -0.1) is 0 Å². The highest BCUT2D eigenvalue weighted by Gasteiger charge is 2.34. The number of nitrogens with zero attached hydrogens (tertiary/aromatic N) is 3. The first-order valence-corrected chi connectivity index (χ1v) is 8.54. The predicted octanol–water partition coefficient (Wildman–Crippen LogP) is 5.82. The highest BCUT2D eigenvalue weighted by Crippen LogP contribution is 2.37. The largest absolute Gasteiger partial charge is 0.418 e. The summed E-state index contributed by atoms with van der Waals surface area (Å²) in [6.45, 7) is 0.301. The van der Waals surface area contributed by atoms with Crippen LogP contribution in [0.3, 0.4) is 0 Å². The first-order valence-electron chi connectivity index (χ1n) is 8.16. The molecule has 0 spiro atoms. The molecule has 3 nitrogen and oxygen atoms in total. The zero-order valence-corrected chi connectivity index (χ0v) is 14.7. The standard InChI is InChI=1S/C20H13ClF3N3/c21-14-9-7-13(8-10-14)12-27-19(17-6-1-2-11-25-17)15-4-3-5-16(18(15)26-27)20(22,23)24/h1-11H,12H2. The van der Waals surface area contributed by atoms with Gasteiger partial charge in [-0.2, -0.15) is 18.3 Å². The van der Waals surface area contributed by atoms with Crippen molar-refractivity contribution in [3.05, 3.63) is 83.0 Å². The molecule has 0 aliphatic rings. The quantitative estimate of drug-likeness (QED) is 0.443. The van der Waals surface area contributed by atoms with Crippen molar-refractivity contribution in [1.82, 2.24) is 14.8 Å². The van der Waals surface area contributed by atoms with Gasteiger partial charge in [0.05, 0.1) is 23.5 Å². The monoisotopic (exact) mass is 387 g/mol. The number of alkyl halides is 3. The Kier molecular flexibility index (Phi) is 4.36. The molecule has 0 radical (unpaired) electrons. The van der Waals surface area contributed by atoms with E-state index in [2.05, 4.69) is 10.1 Å². The molecular formula is C20H13ClF3N3. The van der Waals surface area contributed by atoms with E-state index in [4.69, 9.17) is 11.6 Å². The van der Waals surface area contributed by atoms with Crippen molar-refractivity contribution in [3.8, 4) is 11.4 Å². The number of aromatic nitrogens is 3. The van der Waals surface area contributed by atoms with Crippen LogP contribution in [0.5, 0.6) is 0 Å². The van der Waals surface area contributed by atoms with Crippen LogP contribution in [0, 0.1) is 0 Å². The molecule has 0 bridgehead atoms. The summed E-state index contributed by atoms with van der Waals surface area (Å²) in [7, 11) is 0. The van der Waals surface area contributed by atoms with E-state index in [-0.39, 0.29) is 5.52 Å². The zero-order valence-electron chi connectivity index (χ0n) is 13.9. The summed E-state index contributed by atoms with van der Waals surface area (Å²) >= 11 is 5.92. The van der Waals surface area contributed by atoms with Gasteiger partial charge in [0.25, 0.3) is 0 Å². The number of hydrogen-bond acceptors (Lipinski definition) is 2. The molecule has 7 heteroatoms. The Bertz CT molecular complexity index is 1090. The van der Waals surface area contributed by atoms with Gasteiger partial charge in [-0.05, 0) is 35.9 Å². The third kappa shape index (κ3) is 3.40. The summed E-state index contributed by atoms with van der Waals surface area (Å²) in [5, 5.41) is 5.30. The van der Waals surface area contributed by atoms with E-state index in [1.54, 1.807) is 47.3 Å². The number of hydrogen-bond donors (Lipinski definition) is 0. The Balaban J connectivity index is 1.95. The first-order chi connectivity index (χ1) is 12.9. The van der Waals surface area contributed by atoms with Gasteiger partial charge in [-0.25, -0.2) is 0 Å². The van der Waals surface area contributed by atoms with Crippen LogP contribution in [0.2, 0.25) is 5.02 Å². The van der Waals surface area contributed by atoms with Gasteiger partial charge in [0.2, 0.25) is 0 Å². The maximum absolute atomic E-state index is 13.5. The summed E-state index contributed by atoms with van der Waals surface area (Å²) in [4.78, 5) is 4.32. The summed E-state index contributed by atoms with van der Waals surface area (Å²) in [5.74, 6) is 0. The van der Waals surface area contributed by atoms with E-state index >= 15 is 0 Å². The number of halogens is 4. The maximum atomic E-state index is 13.5. The first kappa shape index (κ1) is 17.5. The van der Waals surface area contributed by atoms with Crippen molar-refractivity contribution in [3.63, 3.8) is 0 Å². The molecule has 2 aromatic carbocycles. The maximum Gasteiger partial charge on any atom is 0.418 e.